The molecule has 0 fully saturated rings. The summed E-state index contributed by atoms with van der Waals surface area (Å²) in [5, 5.41) is 0. The molecule has 0 bridgehead atoms. The van der Waals surface area contributed by atoms with E-state index in [9.17, 15) is 21.8 Å². The van der Waals surface area contributed by atoms with E-state index in [2.05, 4.69) is 0 Å². The van der Waals surface area contributed by atoms with Gasteiger partial charge in [-0.25, -0.2) is 0 Å². The molecule has 3 rings (SSSR count). The highest BCUT2D eigenvalue weighted by Gasteiger charge is 2.59. The molecule has 0 aromatic carbocycles. The molecule has 0 aliphatic carbocycles. The average Bonchev–Trinajstić information content (AvgIpc) is 2.77. The summed E-state index contributed by atoms with van der Waals surface area (Å²) in [6, 6.07) is 1.37. The van der Waals surface area contributed by atoms with Gasteiger partial charge in [0.1, 0.15) is 11.3 Å². The van der Waals surface area contributed by atoms with Crippen LogP contribution in [-0.2, 0) is 0 Å². The van der Waals surface area contributed by atoms with Crippen molar-refractivity contribution < 1.29 is 26.3 Å². The Morgan fingerprint density at radius 2 is 1.68 bits per heavy atom. The van der Waals surface area contributed by atoms with E-state index >= 15 is 0 Å². The molecule has 118 valence electrons. The smallest absolute Gasteiger partial charge is 0.393 e. The number of allylic oxidation sites excluding steroid dienone is 3. The second-order valence-electron chi connectivity index (χ2n) is 5.84. The first-order chi connectivity index (χ1) is 9.98. The standard InChI is InChI=1S/C14H14BF5N2/c1-7-5-9(3)21-12(7)11(14(16,17)18)13-8(2)6-10(4)22(13)15(21,19)20/h5-6H,1-4H3. The Morgan fingerprint density at radius 3 is 2.23 bits per heavy atom. The fraction of sp³-hybridized carbons (Fsp3) is 0.357. The van der Waals surface area contributed by atoms with Crippen LogP contribution in [0.4, 0.5) is 21.8 Å². The Balaban J connectivity index is 2.54. The van der Waals surface area contributed by atoms with E-state index in [4.69, 9.17) is 0 Å². The number of aryl methyl sites for hydroxylation is 2. The SMILES string of the molecule is CC1=CC(C)=[N+]2C1=C(C(F)(F)F)c1c(C)cc(C)n1[B-]2(F)F. The van der Waals surface area contributed by atoms with E-state index in [1.54, 1.807) is 0 Å². The van der Waals surface area contributed by atoms with Gasteiger partial charge in [-0.2, -0.15) is 13.2 Å². The molecule has 1 aromatic rings. The van der Waals surface area contributed by atoms with Crippen molar-refractivity contribution in [3.8, 4) is 0 Å². The number of fused-ring (bicyclic) bond motifs is 2. The summed E-state index contributed by atoms with van der Waals surface area (Å²) < 4.78 is 71.8. The molecule has 0 atom stereocenters. The minimum Gasteiger partial charge on any atom is -0.393 e. The minimum atomic E-state index is -4.72. The van der Waals surface area contributed by atoms with E-state index in [1.165, 1.54) is 39.8 Å². The Bertz CT molecular complexity index is 793. The molecule has 2 aliphatic heterocycles. The van der Waals surface area contributed by atoms with Crippen LogP contribution in [0.25, 0.3) is 5.57 Å². The van der Waals surface area contributed by atoms with Crippen LogP contribution < -0.4 is 0 Å². The summed E-state index contributed by atoms with van der Waals surface area (Å²) in [4.78, 5) is 0. The van der Waals surface area contributed by atoms with Gasteiger partial charge in [0.2, 0.25) is 0 Å². The van der Waals surface area contributed by atoms with E-state index in [-0.39, 0.29) is 22.5 Å². The van der Waals surface area contributed by atoms with Gasteiger partial charge in [-0.3, -0.25) is 0 Å². The van der Waals surface area contributed by atoms with Crippen LogP contribution in [0.15, 0.2) is 23.4 Å². The van der Waals surface area contributed by atoms with Gasteiger partial charge in [-0.15, -0.1) is 0 Å². The van der Waals surface area contributed by atoms with Crippen LogP contribution in [0.3, 0.4) is 0 Å². The normalized spacial score (nSPS) is 20.3. The molecular formula is C14H14BF5N2. The summed E-state index contributed by atoms with van der Waals surface area (Å²) in [6.45, 7) is 1.31. The molecule has 22 heavy (non-hydrogen) atoms. The first-order valence-corrected chi connectivity index (χ1v) is 6.82. The number of nitrogens with zero attached hydrogens (tertiary/aromatic N) is 2. The zero-order valence-electron chi connectivity index (χ0n) is 12.5. The van der Waals surface area contributed by atoms with Crippen molar-refractivity contribution in [1.82, 2.24) is 4.48 Å². The van der Waals surface area contributed by atoms with Crippen LogP contribution >= 0.6 is 0 Å². The second kappa shape index (κ2) is 4.11. The summed E-state index contributed by atoms with van der Waals surface area (Å²) in [5.74, 6) is 0. The Hall–Kier alpha value is -1.86. The summed E-state index contributed by atoms with van der Waals surface area (Å²) in [6.07, 6.45) is -3.35. The fourth-order valence-corrected chi connectivity index (χ4v) is 3.57. The van der Waals surface area contributed by atoms with Crippen LogP contribution in [0.5, 0.6) is 0 Å². The van der Waals surface area contributed by atoms with Crippen molar-refractivity contribution in [3.05, 3.63) is 40.4 Å². The third kappa shape index (κ3) is 1.69. The first kappa shape index (κ1) is 15.1. The highest BCUT2D eigenvalue weighted by Crippen LogP contribution is 2.47. The van der Waals surface area contributed by atoms with Crippen molar-refractivity contribution in [3.63, 3.8) is 0 Å². The molecule has 0 unspecified atom stereocenters. The number of hydrogen-bond donors (Lipinski definition) is 0. The highest BCUT2D eigenvalue weighted by molar-refractivity contribution is 6.58. The molecule has 0 spiro atoms. The van der Waals surface area contributed by atoms with Gasteiger partial charge in [0.15, 0.2) is 5.70 Å². The lowest BCUT2D eigenvalue weighted by Gasteiger charge is -2.34. The third-order valence-corrected chi connectivity index (χ3v) is 4.22. The lowest BCUT2D eigenvalue weighted by Crippen LogP contribution is -2.52. The molecule has 0 amide bonds. The number of aromatic nitrogens is 1. The molecule has 1 aromatic heterocycles. The molecule has 0 N–H and O–H groups in total. The summed E-state index contributed by atoms with van der Waals surface area (Å²) in [5.41, 5.74) is -1.19. The maximum absolute atomic E-state index is 14.9. The van der Waals surface area contributed by atoms with Crippen molar-refractivity contribution in [1.29, 1.82) is 0 Å². The number of rotatable bonds is 0. The molecule has 0 saturated carbocycles. The van der Waals surface area contributed by atoms with Gasteiger partial charge in [0.25, 0.3) is 0 Å². The Morgan fingerprint density at radius 1 is 1.09 bits per heavy atom. The molecule has 0 saturated heterocycles. The van der Waals surface area contributed by atoms with Crippen molar-refractivity contribution >= 4 is 18.3 Å². The molecule has 3 heterocycles. The maximum Gasteiger partial charge on any atom is 0.737 e. The topological polar surface area (TPSA) is 7.94 Å². The van der Waals surface area contributed by atoms with Gasteiger partial charge in [-0.05, 0) is 38.1 Å². The van der Waals surface area contributed by atoms with Crippen LogP contribution in [0.2, 0.25) is 0 Å². The van der Waals surface area contributed by atoms with E-state index in [0.717, 1.165) is 0 Å². The van der Waals surface area contributed by atoms with E-state index in [0.29, 0.717) is 8.96 Å². The molecule has 2 aliphatic rings. The van der Waals surface area contributed by atoms with Crippen molar-refractivity contribution in [2.45, 2.75) is 33.9 Å². The number of halogens is 5. The Kier molecular flexibility index (Phi) is 2.82. The summed E-state index contributed by atoms with van der Waals surface area (Å²) >= 11 is 0. The van der Waals surface area contributed by atoms with Crippen molar-refractivity contribution in [2.24, 2.45) is 0 Å². The zero-order valence-corrected chi connectivity index (χ0v) is 12.5. The molecule has 0 radical (unpaired) electrons. The van der Waals surface area contributed by atoms with E-state index < -0.39 is 30.1 Å². The fourth-order valence-electron chi connectivity index (χ4n) is 3.57. The highest BCUT2D eigenvalue weighted by atomic mass is 19.4. The number of alkyl halides is 3. The lowest BCUT2D eigenvalue weighted by atomic mass is 9.86. The van der Waals surface area contributed by atoms with Gasteiger partial charge in [0.05, 0.1) is 0 Å². The zero-order chi connectivity index (χ0) is 16.6. The predicted molar refractivity (Wildman–Crippen MR) is 74.9 cm³/mol. The van der Waals surface area contributed by atoms with Crippen LogP contribution in [0.1, 0.15) is 30.8 Å². The largest absolute Gasteiger partial charge is 0.737 e. The van der Waals surface area contributed by atoms with Crippen LogP contribution in [-0.4, -0.2) is 27.8 Å². The number of hydrogen-bond acceptors (Lipinski definition) is 0. The molecule has 2 nitrogen and oxygen atoms in total. The minimum absolute atomic E-state index is 0.121. The van der Waals surface area contributed by atoms with Gasteiger partial charge >= 0.3 is 13.1 Å². The predicted octanol–water partition coefficient (Wildman–Crippen LogP) is 4.05. The third-order valence-electron chi connectivity index (χ3n) is 4.22. The van der Waals surface area contributed by atoms with Crippen molar-refractivity contribution in [2.75, 3.05) is 0 Å². The average molecular weight is 316 g/mol. The summed E-state index contributed by atoms with van der Waals surface area (Å²) in [7, 11) is 0. The van der Waals surface area contributed by atoms with Crippen LogP contribution in [0, 0.1) is 13.8 Å². The maximum atomic E-state index is 14.9. The molecular weight excluding hydrogens is 302 g/mol. The van der Waals surface area contributed by atoms with Gasteiger partial charge in [0, 0.05) is 24.3 Å². The lowest BCUT2D eigenvalue weighted by molar-refractivity contribution is -0.365. The Labute approximate surface area is 124 Å². The van der Waals surface area contributed by atoms with Gasteiger partial charge in [-0.1, -0.05) is 0 Å². The van der Waals surface area contributed by atoms with Gasteiger partial charge < -0.3 is 17.6 Å². The first-order valence-electron chi connectivity index (χ1n) is 6.82. The second-order valence-corrected chi connectivity index (χ2v) is 5.84. The quantitative estimate of drug-likeness (QED) is 0.504. The molecule has 8 heteroatoms. The van der Waals surface area contributed by atoms with E-state index in [1.807, 2.05) is 0 Å². The monoisotopic (exact) mass is 316 g/mol.